The maximum absolute atomic E-state index is 5.49. The molecule has 0 heterocycles. The molecule has 0 saturated heterocycles. The Kier molecular flexibility index (Phi) is 5.59. The Balaban J connectivity index is 2.03. The van der Waals surface area contributed by atoms with Gasteiger partial charge in [-0.1, -0.05) is 71.9 Å². The van der Waals surface area contributed by atoms with Crippen LogP contribution in [0.15, 0.2) is 78.5 Å². The van der Waals surface area contributed by atoms with E-state index in [4.69, 9.17) is 4.84 Å². The second kappa shape index (κ2) is 7.95. The van der Waals surface area contributed by atoms with Crippen LogP contribution in [0.25, 0.3) is 0 Å². The minimum absolute atomic E-state index is 0.491. The highest BCUT2D eigenvalue weighted by molar-refractivity contribution is 6.00. The molecule has 2 nitrogen and oxygen atoms in total. The van der Waals surface area contributed by atoms with Gasteiger partial charge in [0.05, 0.1) is 5.71 Å². The summed E-state index contributed by atoms with van der Waals surface area (Å²) in [6.45, 7) is 4.25. The van der Waals surface area contributed by atoms with Gasteiger partial charge in [-0.3, -0.25) is 0 Å². The number of oxime groups is 1. The van der Waals surface area contributed by atoms with Crippen molar-refractivity contribution in [3.63, 3.8) is 0 Å². The zero-order valence-corrected chi connectivity index (χ0v) is 11.5. The lowest BCUT2D eigenvalue weighted by atomic mass is 10.1. The van der Waals surface area contributed by atoms with Gasteiger partial charge in [-0.2, -0.15) is 0 Å². The molecule has 0 spiro atoms. The van der Waals surface area contributed by atoms with Crippen molar-refractivity contribution in [1.82, 2.24) is 0 Å². The standard InChI is InChI=1S/C18H19NO/c1-2-3-14-18(17-12-8-5-9-13-17)19-20-15-16-10-6-4-7-11-16/h2,4-13H,1,3,14-15H2. The maximum atomic E-state index is 5.49. The van der Waals surface area contributed by atoms with Crippen LogP contribution in [0.1, 0.15) is 24.0 Å². The van der Waals surface area contributed by atoms with Crippen molar-refractivity contribution in [2.24, 2.45) is 5.16 Å². The highest BCUT2D eigenvalue weighted by Crippen LogP contribution is 2.09. The largest absolute Gasteiger partial charge is 0.391 e. The molecule has 0 saturated carbocycles. The molecular formula is C18H19NO. The van der Waals surface area contributed by atoms with Crippen LogP contribution in [0.2, 0.25) is 0 Å². The van der Waals surface area contributed by atoms with Crippen LogP contribution in [0.4, 0.5) is 0 Å². The Bertz CT molecular complexity index is 546. The Morgan fingerprint density at radius 3 is 2.30 bits per heavy atom. The van der Waals surface area contributed by atoms with E-state index in [0.29, 0.717) is 6.61 Å². The summed E-state index contributed by atoms with van der Waals surface area (Å²) in [4.78, 5) is 5.49. The number of benzene rings is 2. The summed E-state index contributed by atoms with van der Waals surface area (Å²) in [5.74, 6) is 0. The number of nitrogens with zero attached hydrogens (tertiary/aromatic N) is 1. The predicted molar refractivity (Wildman–Crippen MR) is 83.6 cm³/mol. The minimum atomic E-state index is 0.491. The Morgan fingerprint density at radius 2 is 1.65 bits per heavy atom. The molecule has 0 aromatic heterocycles. The zero-order chi connectivity index (χ0) is 14.0. The van der Waals surface area contributed by atoms with E-state index in [2.05, 4.69) is 11.7 Å². The van der Waals surface area contributed by atoms with Crippen molar-refractivity contribution < 1.29 is 4.84 Å². The third-order valence-corrected chi connectivity index (χ3v) is 2.94. The molecule has 0 radical (unpaired) electrons. The number of hydrogen-bond donors (Lipinski definition) is 0. The normalized spacial score (nSPS) is 11.1. The third kappa shape index (κ3) is 4.39. The summed E-state index contributed by atoms with van der Waals surface area (Å²) in [7, 11) is 0. The number of hydrogen-bond acceptors (Lipinski definition) is 2. The number of rotatable bonds is 7. The molecule has 20 heavy (non-hydrogen) atoms. The van der Waals surface area contributed by atoms with Crippen LogP contribution in [0, 0.1) is 0 Å². The van der Waals surface area contributed by atoms with Gasteiger partial charge in [-0.05, 0) is 24.0 Å². The maximum Gasteiger partial charge on any atom is 0.142 e. The molecule has 0 unspecified atom stereocenters. The lowest BCUT2D eigenvalue weighted by Crippen LogP contribution is -2.02. The van der Waals surface area contributed by atoms with Crippen LogP contribution < -0.4 is 0 Å². The molecule has 0 N–H and O–H groups in total. The first-order valence-electron chi connectivity index (χ1n) is 6.79. The second-order valence-electron chi connectivity index (χ2n) is 4.49. The first-order valence-corrected chi connectivity index (χ1v) is 6.79. The molecule has 0 fully saturated rings. The first kappa shape index (κ1) is 14.1. The van der Waals surface area contributed by atoms with Crippen LogP contribution in [-0.2, 0) is 11.4 Å². The highest BCUT2D eigenvalue weighted by atomic mass is 16.6. The fraction of sp³-hybridized carbons (Fsp3) is 0.167. The molecule has 0 aliphatic carbocycles. The van der Waals surface area contributed by atoms with E-state index in [0.717, 1.165) is 29.7 Å². The van der Waals surface area contributed by atoms with Gasteiger partial charge in [0.15, 0.2) is 0 Å². The van der Waals surface area contributed by atoms with E-state index in [-0.39, 0.29) is 0 Å². The van der Waals surface area contributed by atoms with Crippen LogP contribution >= 0.6 is 0 Å². The van der Waals surface area contributed by atoms with Crippen molar-refractivity contribution in [2.45, 2.75) is 19.4 Å². The van der Waals surface area contributed by atoms with Gasteiger partial charge < -0.3 is 4.84 Å². The molecule has 0 amide bonds. The van der Waals surface area contributed by atoms with Gasteiger partial charge in [-0.15, -0.1) is 6.58 Å². The summed E-state index contributed by atoms with van der Waals surface area (Å²) < 4.78 is 0. The highest BCUT2D eigenvalue weighted by Gasteiger charge is 2.03. The summed E-state index contributed by atoms with van der Waals surface area (Å²) in [6, 6.07) is 20.2. The summed E-state index contributed by atoms with van der Waals surface area (Å²) in [5.41, 5.74) is 3.18. The van der Waals surface area contributed by atoms with E-state index < -0.39 is 0 Å². The van der Waals surface area contributed by atoms with E-state index in [9.17, 15) is 0 Å². The zero-order valence-electron chi connectivity index (χ0n) is 11.5. The minimum Gasteiger partial charge on any atom is -0.391 e. The van der Waals surface area contributed by atoms with Crippen molar-refractivity contribution in [1.29, 1.82) is 0 Å². The smallest absolute Gasteiger partial charge is 0.142 e. The van der Waals surface area contributed by atoms with Gasteiger partial charge in [0.25, 0.3) is 0 Å². The lowest BCUT2D eigenvalue weighted by Gasteiger charge is -2.06. The monoisotopic (exact) mass is 265 g/mol. The van der Waals surface area contributed by atoms with E-state index >= 15 is 0 Å². The Morgan fingerprint density at radius 1 is 1.00 bits per heavy atom. The summed E-state index contributed by atoms with van der Waals surface area (Å²) in [6.07, 6.45) is 3.63. The fourth-order valence-electron chi connectivity index (χ4n) is 1.87. The molecule has 2 heteroatoms. The number of allylic oxidation sites excluding steroid dienone is 1. The van der Waals surface area contributed by atoms with Gasteiger partial charge in [0.2, 0.25) is 0 Å². The van der Waals surface area contributed by atoms with Crippen LogP contribution in [-0.4, -0.2) is 5.71 Å². The van der Waals surface area contributed by atoms with Gasteiger partial charge in [-0.25, -0.2) is 0 Å². The van der Waals surface area contributed by atoms with Crippen molar-refractivity contribution in [3.05, 3.63) is 84.4 Å². The van der Waals surface area contributed by atoms with Crippen LogP contribution in [0.5, 0.6) is 0 Å². The molecule has 2 aromatic carbocycles. The second-order valence-corrected chi connectivity index (χ2v) is 4.49. The SMILES string of the molecule is C=CCCC(=NOCc1ccccc1)c1ccccc1. The third-order valence-electron chi connectivity index (χ3n) is 2.94. The predicted octanol–water partition coefficient (Wildman–Crippen LogP) is 4.57. The summed E-state index contributed by atoms with van der Waals surface area (Å²) >= 11 is 0. The molecule has 2 aromatic rings. The van der Waals surface area contributed by atoms with Gasteiger partial charge in [0, 0.05) is 0 Å². The average Bonchev–Trinajstić information content (AvgIpc) is 2.52. The quantitative estimate of drug-likeness (QED) is 0.408. The van der Waals surface area contributed by atoms with E-state index in [1.54, 1.807) is 0 Å². The molecule has 0 bridgehead atoms. The fourth-order valence-corrected chi connectivity index (χ4v) is 1.87. The Hall–Kier alpha value is -2.35. The molecular weight excluding hydrogens is 246 g/mol. The topological polar surface area (TPSA) is 21.6 Å². The lowest BCUT2D eigenvalue weighted by molar-refractivity contribution is 0.130. The Labute approximate surface area is 120 Å². The molecule has 0 atom stereocenters. The van der Waals surface area contributed by atoms with Gasteiger partial charge >= 0.3 is 0 Å². The van der Waals surface area contributed by atoms with E-state index in [1.807, 2.05) is 66.7 Å². The first-order chi connectivity index (χ1) is 9.90. The molecule has 0 aliphatic heterocycles. The van der Waals surface area contributed by atoms with Crippen molar-refractivity contribution in [2.75, 3.05) is 0 Å². The van der Waals surface area contributed by atoms with Crippen LogP contribution in [0.3, 0.4) is 0 Å². The summed E-state index contributed by atoms with van der Waals surface area (Å²) in [5, 5.41) is 4.30. The van der Waals surface area contributed by atoms with E-state index in [1.165, 1.54) is 0 Å². The average molecular weight is 265 g/mol. The molecule has 0 aliphatic rings. The van der Waals surface area contributed by atoms with Crippen molar-refractivity contribution in [3.8, 4) is 0 Å². The van der Waals surface area contributed by atoms with Crippen molar-refractivity contribution >= 4 is 5.71 Å². The van der Waals surface area contributed by atoms with Gasteiger partial charge in [0.1, 0.15) is 6.61 Å². The molecule has 2 rings (SSSR count). The molecule has 102 valence electrons.